The lowest BCUT2D eigenvalue weighted by Gasteiger charge is -2.63. The van der Waals surface area contributed by atoms with Crippen LogP contribution in [0.15, 0.2) is 97.1 Å². The number of fused-ring (bicyclic) bond motifs is 5. The standard InChI is InChI=1S/C50H64N2O2/c1-32(2)9-10-33(3)44-25-26-45-43-23-24-47-48(35-7-6-8-41(31-35)54-40-21-15-37(52)16-22-40)42(27-29-50(47,5)46(43)28-30-49(44,45)4)34-11-17-38(18-12-34)53-39-19-13-36(51)14-20-39/h6-8,11-22,31-33,42-48H,9-10,23-30,51-52H2,1-5H3. The van der Waals surface area contributed by atoms with E-state index < -0.39 is 0 Å². The Morgan fingerprint density at radius 1 is 0.574 bits per heavy atom. The molecule has 0 bridgehead atoms. The Balaban J connectivity index is 1.09. The SMILES string of the molecule is CC(C)CCC(C)C1CCC2C3CCC4C(c5cccc(Oc6ccc(N)cc6)c5)C(c5ccc(Oc6ccc(N)cc6)cc5)CCC4(C)C3CCC12C. The summed E-state index contributed by atoms with van der Waals surface area (Å²) in [6, 6.07) is 33.4. The van der Waals surface area contributed by atoms with Gasteiger partial charge in [0.2, 0.25) is 0 Å². The number of benzene rings is 4. The second-order valence-electron chi connectivity index (χ2n) is 18.9. The van der Waals surface area contributed by atoms with Crippen LogP contribution < -0.4 is 20.9 Å². The second kappa shape index (κ2) is 15.0. The second-order valence-corrected chi connectivity index (χ2v) is 18.9. The van der Waals surface area contributed by atoms with Gasteiger partial charge in [-0.1, -0.05) is 71.7 Å². The van der Waals surface area contributed by atoms with Crippen LogP contribution in [0.25, 0.3) is 0 Å². The average molecular weight is 725 g/mol. The summed E-state index contributed by atoms with van der Waals surface area (Å²) in [5.74, 6) is 9.99. The van der Waals surface area contributed by atoms with E-state index in [0.29, 0.717) is 28.6 Å². The molecule has 286 valence electrons. The van der Waals surface area contributed by atoms with Crippen molar-refractivity contribution in [3.8, 4) is 23.0 Å². The molecule has 0 saturated heterocycles. The Morgan fingerprint density at radius 2 is 1.15 bits per heavy atom. The highest BCUT2D eigenvalue weighted by molar-refractivity contribution is 5.45. The molecule has 54 heavy (non-hydrogen) atoms. The molecule has 10 unspecified atom stereocenters. The minimum atomic E-state index is 0.332. The lowest BCUT2D eigenvalue weighted by atomic mass is 9.41. The summed E-state index contributed by atoms with van der Waals surface area (Å²) in [5, 5.41) is 0. The van der Waals surface area contributed by atoms with E-state index in [9.17, 15) is 0 Å². The normalized spacial score (nSPS) is 32.3. The van der Waals surface area contributed by atoms with E-state index in [-0.39, 0.29) is 0 Å². The molecule has 8 rings (SSSR count). The van der Waals surface area contributed by atoms with Gasteiger partial charge in [-0.2, -0.15) is 0 Å². The van der Waals surface area contributed by atoms with Crippen LogP contribution in [0.2, 0.25) is 0 Å². The van der Waals surface area contributed by atoms with Crippen LogP contribution in [0.1, 0.15) is 122 Å². The Labute approximate surface area is 325 Å². The van der Waals surface area contributed by atoms with E-state index in [2.05, 4.69) is 83.1 Å². The number of nitrogens with two attached hydrogens (primary N) is 2. The number of hydrogen-bond acceptors (Lipinski definition) is 4. The Hall–Kier alpha value is -3.92. The Bertz CT molecular complexity index is 1870. The minimum absolute atomic E-state index is 0.332. The molecule has 4 N–H and O–H groups in total. The fourth-order valence-corrected chi connectivity index (χ4v) is 12.9. The first-order valence-electron chi connectivity index (χ1n) is 21.3. The van der Waals surface area contributed by atoms with Gasteiger partial charge in [-0.15, -0.1) is 0 Å². The van der Waals surface area contributed by atoms with Crippen molar-refractivity contribution in [2.24, 2.45) is 52.3 Å². The molecule has 4 aromatic rings. The lowest BCUT2D eigenvalue weighted by Crippen LogP contribution is -2.55. The molecule has 0 amide bonds. The Kier molecular flexibility index (Phi) is 10.3. The van der Waals surface area contributed by atoms with Crippen molar-refractivity contribution in [2.75, 3.05) is 11.5 Å². The summed E-state index contributed by atoms with van der Waals surface area (Å²) < 4.78 is 12.7. The molecule has 4 aliphatic rings. The zero-order valence-corrected chi connectivity index (χ0v) is 33.5. The number of rotatable bonds is 10. The molecule has 0 spiro atoms. The molecule has 0 heterocycles. The van der Waals surface area contributed by atoms with Gasteiger partial charge >= 0.3 is 0 Å². The van der Waals surface area contributed by atoms with Crippen molar-refractivity contribution in [2.45, 2.75) is 111 Å². The van der Waals surface area contributed by atoms with E-state index in [0.717, 1.165) is 69.9 Å². The molecule has 10 atom stereocenters. The van der Waals surface area contributed by atoms with Gasteiger partial charge in [0.25, 0.3) is 0 Å². The summed E-state index contributed by atoms with van der Waals surface area (Å²) in [6.45, 7) is 12.9. The first-order chi connectivity index (χ1) is 26.0. The maximum absolute atomic E-state index is 6.47. The number of ether oxygens (including phenoxy) is 2. The van der Waals surface area contributed by atoms with Crippen LogP contribution in [-0.2, 0) is 0 Å². The topological polar surface area (TPSA) is 70.5 Å². The number of nitrogen functional groups attached to an aromatic ring is 2. The van der Waals surface area contributed by atoms with Crippen molar-refractivity contribution in [1.82, 2.24) is 0 Å². The van der Waals surface area contributed by atoms with Gasteiger partial charge < -0.3 is 20.9 Å². The van der Waals surface area contributed by atoms with Crippen LogP contribution in [0, 0.1) is 52.3 Å². The zero-order chi connectivity index (χ0) is 37.6. The predicted octanol–water partition coefficient (Wildman–Crippen LogP) is 13.6. The van der Waals surface area contributed by atoms with Gasteiger partial charge in [0.1, 0.15) is 23.0 Å². The summed E-state index contributed by atoms with van der Waals surface area (Å²) in [4.78, 5) is 0. The van der Waals surface area contributed by atoms with E-state index in [1.165, 1.54) is 75.3 Å². The van der Waals surface area contributed by atoms with Crippen LogP contribution >= 0.6 is 0 Å². The van der Waals surface area contributed by atoms with Crippen LogP contribution in [0.5, 0.6) is 23.0 Å². The molecule has 4 fully saturated rings. The van der Waals surface area contributed by atoms with E-state index >= 15 is 0 Å². The maximum atomic E-state index is 6.47. The highest BCUT2D eigenvalue weighted by Gasteiger charge is 2.62. The number of anilines is 2. The largest absolute Gasteiger partial charge is 0.457 e. The molecule has 4 aromatic carbocycles. The smallest absolute Gasteiger partial charge is 0.127 e. The van der Waals surface area contributed by atoms with E-state index in [1.807, 2.05) is 48.5 Å². The first-order valence-corrected chi connectivity index (χ1v) is 21.3. The van der Waals surface area contributed by atoms with Crippen molar-refractivity contribution in [3.63, 3.8) is 0 Å². The van der Waals surface area contributed by atoms with Gasteiger partial charge in [-0.25, -0.2) is 0 Å². The Morgan fingerprint density at radius 3 is 1.80 bits per heavy atom. The average Bonchev–Trinajstić information content (AvgIpc) is 3.53. The van der Waals surface area contributed by atoms with Crippen LogP contribution in [-0.4, -0.2) is 0 Å². The van der Waals surface area contributed by atoms with Crippen molar-refractivity contribution in [3.05, 3.63) is 108 Å². The van der Waals surface area contributed by atoms with Gasteiger partial charge in [-0.3, -0.25) is 0 Å². The van der Waals surface area contributed by atoms with E-state index in [1.54, 1.807) is 0 Å². The first kappa shape index (κ1) is 37.0. The van der Waals surface area contributed by atoms with Crippen LogP contribution in [0.3, 0.4) is 0 Å². The van der Waals surface area contributed by atoms with Gasteiger partial charge in [0, 0.05) is 11.4 Å². The molecule has 0 aromatic heterocycles. The van der Waals surface area contributed by atoms with Crippen molar-refractivity contribution < 1.29 is 9.47 Å². The predicted molar refractivity (Wildman–Crippen MR) is 224 cm³/mol. The van der Waals surface area contributed by atoms with Gasteiger partial charge in [0.05, 0.1) is 0 Å². The van der Waals surface area contributed by atoms with Gasteiger partial charge in [0.15, 0.2) is 0 Å². The highest BCUT2D eigenvalue weighted by atomic mass is 16.5. The maximum Gasteiger partial charge on any atom is 0.127 e. The molecule has 4 nitrogen and oxygen atoms in total. The summed E-state index contributed by atoms with van der Waals surface area (Å²) in [5.41, 5.74) is 17.1. The van der Waals surface area contributed by atoms with Gasteiger partial charge in [-0.05, 0) is 199 Å². The van der Waals surface area contributed by atoms with Crippen LogP contribution in [0.4, 0.5) is 11.4 Å². The summed E-state index contributed by atoms with van der Waals surface area (Å²) in [7, 11) is 0. The quantitative estimate of drug-likeness (QED) is 0.160. The minimum Gasteiger partial charge on any atom is -0.457 e. The van der Waals surface area contributed by atoms with Crippen molar-refractivity contribution in [1.29, 1.82) is 0 Å². The zero-order valence-electron chi connectivity index (χ0n) is 33.5. The third kappa shape index (κ3) is 7.03. The molecule has 0 aliphatic heterocycles. The van der Waals surface area contributed by atoms with Crippen molar-refractivity contribution >= 4 is 11.4 Å². The molecule has 4 aliphatic carbocycles. The molecular formula is C50H64N2O2. The lowest BCUT2D eigenvalue weighted by molar-refractivity contribution is -0.123. The monoisotopic (exact) mass is 724 g/mol. The fourth-order valence-electron chi connectivity index (χ4n) is 12.9. The molecule has 4 saturated carbocycles. The third-order valence-corrected chi connectivity index (χ3v) is 15.5. The fraction of sp³-hybridized carbons (Fsp3) is 0.520. The number of hydrogen-bond donors (Lipinski definition) is 2. The van der Waals surface area contributed by atoms with E-state index in [4.69, 9.17) is 20.9 Å². The summed E-state index contributed by atoms with van der Waals surface area (Å²) >= 11 is 0. The summed E-state index contributed by atoms with van der Waals surface area (Å²) in [6.07, 6.45) is 13.7. The molecular weight excluding hydrogens is 661 g/mol. The molecule has 4 heteroatoms. The third-order valence-electron chi connectivity index (χ3n) is 15.5. The highest BCUT2D eigenvalue weighted by Crippen LogP contribution is 2.71. The molecule has 0 radical (unpaired) electrons.